The van der Waals surface area contributed by atoms with Crippen molar-refractivity contribution in [1.29, 1.82) is 0 Å². The quantitative estimate of drug-likeness (QED) is 0.477. The smallest absolute Gasteiger partial charge is 0.338 e. The van der Waals surface area contributed by atoms with E-state index in [-0.39, 0.29) is 16.4 Å². The molecule has 0 fully saturated rings. The van der Waals surface area contributed by atoms with Gasteiger partial charge in [0.25, 0.3) is 15.9 Å². The third kappa shape index (κ3) is 6.08. The molecular formula is C22H22N2O6S2. The van der Waals surface area contributed by atoms with E-state index < -0.39 is 22.6 Å². The normalized spacial score (nSPS) is 10.9. The molecule has 0 aliphatic heterocycles. The maximum Gasteiger partial charge on any atom is 0.338 e. The lowest BCUT2D eigenvalue weighted by Gasteiger charge is -2.16. The molecular weight excluding hydrogens is 452 g/mol. The number of nitrogens with zero attached hydrogens (tertiary/aromatic N) is 1. The van der Waals surface area contributed by atoms with Gasteiger partial charge in [0.2, 0.25) is 0 Å². The fourth-order valence-corrected chi connectivity index (χ4v) is 4.57. The molecule has 0 aliphatic rings. The van der Waals surface area contributed by atoms with Gasteiger partial charge in [0, 0.05) is 17.6 Å². The Bertz CT molecular complexity index is 1180. The second-order valence-electron chi connectivity index (χ2n) is 6.77. The number of thiophene rings is 1. The summed E-state index contributed by atoms with van der Waals surface area (Å²) < 4.78 is 37.9. The molecule has 0 unspecified atom stereocenters. The minimum absolute atomic E-state index is 0.0244. The molecule has 0 atom stereocenters. The first-order valence-corrected chi connectivity index (χ1v) is 11.8. The van der Waals surface area contributed by atoms with Crippen LogP contribution in [0, 0.1) is 0 Å². The molecule has 8 nitrogen and oxygen atoms in total. The molecule has 1 aromatic heterocycles. The first-order valence-electron chi connectivity index (χ1n) is 9.49. The number of carbonyl (C=O) groups excluding carboxylic acids is 2. The lowest BCUT2D eigenvalue weighted by Crippen LogP contribution is -2.30. The molecule has 0 bridgehead atoms. The van der Waals surface area contributed by atoms with Crippen LogP contribution in [0.2, 0.25) is 0 Å². The highest BCUT2D eigenvalue weighted by Crippen LogP contribution is 2.20. The number of likely N-dealkylation sites (N-methyl/N-ethyl adjacent to an activating group) is 1. The number of hydrogen-bond donors (Lipinski definition) is 1. The first-order chi connectivity index (χ1) is 15.3. The van der Waals surface area contributed by atoms with Gasteiger partial charge >= 0.3 is 5.97 Å². The molecule has 0 saturated carbocycles. The van der Waals surface area contributed by atoms with E-state index in [1.54, 1.807) is 31.3 Å². The van der Waals surface area contributed by atoms with Gasteiger partial charge in [-0.05, 0) is 53.9 Å². The maximum absolute atomic E-state index is 12.7. The Morgan fingerprint density at radius 3 is 2.47 bits per heavy atom. The molecule has 0 spiro atoms. The minimum atomic E-state index is -3.94. The van der Waals surface area contributed by atoms with Crippen molar-refractivity contribution in [2.45, 2.75) is 11.4 Å². The van der Waals surface area contributed by atoms with Gasteiger partial charge in [0.1, 0.15) is 5.75 Å². The van der Waals surface area contributed by atoms with Crippen molar-refractivity contribution in [3.8, 4) is 5.75 Å². The van der Waals surface area contributed by atoms with Crippen LogP contribution in [0.1, 0.15) is 15.2 Å². The summed E-state index contributed by atoms with van der Waals surface area (Å²) in [4.78, 5) is 27.0. The Hall–Kier alpha value is -3.37. The van der Waals surface area contributed by atoms with Crippen LogP contribution in [-0.2, 0) is 26.1 Å². The van der Waals surface area contributed by atoms with Gasteiger partial charge in [0.05, 0.1) is 24.1 Å². The van der Waals surface area contributed by atoms with E-state index in [2.05, 4.69) is 4.72 Å². The van der Waals surface area contributed by atoms with E-state index in [1.807, 2.05) is 17.5 Å². The van der Waals surface area contributed by atoms with Gasteiger partial charge < -0.3 is 14.4 Å². The van der Waals surface area contributed by atoms with Crippen LogP contribution >= 0.6 is 11.3 Å². The Balaban J connectivity index is 1.62. The Morgan fingerprint density at radius 1 is 1.06 bits per heavy atom. The molecule has 0 saturated heterocycles. The van der Waals surface area contributed by atoms with Crippen LogP contribution in [-0.4, -0.2) is 46.0 Å². The van der Waals surface area contributed by atoms with Crippen molar-refractivity contribution < 1.29 is 27.5 Å². The van der Waals surface area contributed by atoms with Crippen molar-refractivity contribution in [3.63, 3.8) is 0 Å². The average Bonchev–Trinajstić information content (AvgIpc) is 3.30. The number of benzene rings is 2. The van der Waals surface area contributed by atoms with E-state index in [4.69, 9.17) is 9.47 Å². The second kappa shape index (κ2) is 10.3. The predicted molar refractivity (Wildman–Crippen MR) is 121 cm³/mol. The zero-order chi connectivity index (χ0) is 23.1. The number of sulfonamides is 1. The van der Waals surface area contributed by atoms with Gasteiger partial charge in [-0.3, -0.25) is 9.52 Å². The monoisotopic (exact) mass is 474 g/mol. The van der Waals surface area contributed by atoms with E-state index in [0.29, 0.717) is 18.0 Å². The topological polar surface area (TPSA) is 102 Å². The van der Waals surface area contributed by atoms with Crippen LogP contribution in [0.15, 0.2) is 70.9 Å². The van der Waals surface area contributed by atoms with Crippen LogP contribution in [0.3, 0.4) is 0 Å². The Kier molecular flexibility index (Phi) is 7.49. The number of nitrogens with one attached hydrogen (secondary N) is 1. The number of methoxy groups -OCH3 is 1. The largest absolute Gasteiger partial charge is 0.497 e. The summed E-state index contributed by atoms with van der Waals surface area (Å²) >= 11 is 1.53. The molecule has 32 heavy (non-hydrogen) atoms. The molecule has 3 aromatic rings. The molecule has 1 heterocycles. The fraction of sp³-hybridized carbons (Fsp3) is 0.182. The van der Waals surface area contributed by atoms with Crippen molar-refractivity contribution in [3.05, 3.63) is 76.5 Å². The summed E-state index contributed by atoms with van der Waals surface area (Å²) in [7, 11) is -0.803. The average molecular weight is 475 g/mol. The molecule has 2 aromatic carbocycles. The third-order valence-corrected chi connectivity index (χ3v) is 6.69. The SMILES string of the molecule is COc1ccc(NS(=O)(=O)c2cccc(C(=O)OCC(=O)N(C)Cc3cccs3)c2)cc1. The molecule has 0 aliphatic carbocycles. The number of hydrogen-bond acceptors (Lipinski definition) is 7. The van der Waals surface area contributed by atoms with Gasteiger partial charge in [-0.25, -0.2) is 13.2 Å². The first kappa shape index (κ1) is 23.3. The Morgan fingerprint density at radius 2 is 1.81 bits per heavy atom. The van der Waals surface area contributed by atoms with E-state index in [9.17, 15) is 18.0 Å². The van der Waals surface area contributed by atoms with Crippen molar-refractivity contribution >= 4 is 38.9 Å². The van der Waals surface area contributed by atoms with Crippen LogP contribution in [0.5, 0.6) is 5.75 Å². The van der Waals surface area contributed by atoms with E-state index in [1.165, 1.54) is 47.6 Å². The Labute approximate surface area is 190 Å². The lowest BCUT2D eigenvalue weighted by molar-refractivity contribution is -0.133. The van der Waals surface area contributed by atoms with Crippen LogP contribution in [0.25, 0.3) is 0 Å². The predicted octanol–water partition coefficient (Wildman–Crippen LogP) is 3.37. The molecule has 0 radical (unpaired) electrons. The number of ether oxygens (including phenoxy) is 2. The highest BCUT2D eigenvalue weighted by atomic mass is 32.2. The zero-order valence-electron chi connectivity index (χ0n) is 17.5. The minimum Gasteiger partial charge on any atom is -0.497 e. The second-order valence-corrected chi connectivity index (χ2v) is 9.48. The van der Waals surface area contributed by atoms with E-state index in [0.717, 1.165) is 4.88 Å². The van der Waals surface area contributed by atoms with Crippen LogP contribution < -0.4 is 9.46 Å². The van der Waals surface area contributed by atoms with E-state index >= 15 is 0 Å². The van der Waals surface area contributed by atoms with Gasteiger partial charge in [-0.15, -0.1) is 11.3 Å². The zero-order valence-corrected chi connectivity index (χ0v) is 19.1. The van der Waals surface area contributed by atoms with Gasteiger partial charge in [-0.2, -0.15) is 0 Å². The molecule has 1 amide bonds. The lowest BCUT2D eigenvalue weighted by atomic mass is 10.2. The number of amides is 1. The fourth-order valence-electron chi connectivity index (χ4n) is 2.71. The van der Waals surface area contributed by atoms with Crippen molar-refractivity contribution in [2.75, 3.05) is 25.5 Å². The third-order valence-electron chi connectivity index (χ3n) is 4.45. The van der Waals surface area contributed by atoms with Crippen LogP contribution in [0.4, 0.5) is 5.69 Å². The molecule has 1 N–H and O–H groups in total. The summed E-state index contributed by atoms with van der Waals surface area (Å²) in [6, 6.07) is 15.6. The highest BCUT2D eigenvalue weighted by Gasteiger charge is 2.19. The summed E-state index contributed by atoms with van der Waals surface area (Å²) in [5, 5.41) is 1.91. The summed E-state index contributed by atoms with van der Waals surface area (Å²) in [5.74, 6) is -0.561. The number of esters is 1. The van der Waals surface area contributed by atoms with Crippen molar-refractivity contribution in [1.82, 2.24) is 4.90 Å². The summed E-state index contributed by atoms with van der Waals surface area (Å²) in [6.07, 6.45) is 0. The number of anilines is 1. The molecule has 168 valence electrons. The van der Waals surface area contributed by atoms with Gasteiger partial charge in [-0.1, -0.05) is 12.1 Å². The van der Waals surface area contributed by atoms with Gasteiger partial charge in [0.15, 0.2) is 6.61 Å². The standard InChI is InChI=1S/C22H22N2O6S2/c1-24(14-19-6-4-12-31-19)21(25)15-30-22(26)16-5-3-7-20(13-16)32(27,28)23-17-8-10-18(29-2)11-9-17/h3-13,23H,14-15H2,1-2H3. The maximum atomic E-state index is 12.7. The molecule has 10 heteroatoms. The summed E-state index contributed by atoms with van der Waals surface area (Å²) in [5.41, 5.74) is 0.370. The number of carbonyl (C=O) groups is 2. The summed E-state index contributed by atoms with van der Waals surface area (Å²) in [6.45, 7) is -0.0272. The van der Waals surface area contributed by atoms with Crippen molar-refractivity contribution in [2.24, 2.45) is 0 Å². The molecule has 3 rings (SSSR count). The number of rotatable bonds is 9. The highest BCUT2D eigenvalue weighted by molar-refractivity contribution is 7.92.